The standard InChI is InChI=1S/C26H24F4N2O4S/c27-21-7-9-23(10-8-21)37(34,35)32-12-2-5-24(32)25(33)11-6-18-3-1-4-22(14-18)36-17-19-13-20(16-31-15-19)26(28,29)30/h1,3-4,7-10,13-16,24H,2,5-6,11-12,17H2/t24-/m0/s1. The molecule has 2 heterocycles. The highest BCUT2D eigenvalue weighted by molar-refractivity contribution is 7.89. The summed E-state index contributed by atoms with van der Waals surface area (Å²) < 4.78 is 84.7. The minimum atomic E-state index is -4.50. The van der Waals surface area contributed by atoms with Crippen LogP contribution in [0, 0.1) is 5.82 Å². The van der Waals surface area contributed by atoms with Gasteiger partial charge in [0.2, 0.25) is 10.0 Å². The van der Waals surface area contributed by atoms with E-state index in [-0.39, 0.29) is 35.8 Å². The second-order valence-corrected chi connectivity index (χ2v) is 10.6. The highest BCUT2D eigenvalue weighted by Gasteiger charge is 2.39. The van der Waals surface area contributed by atoms with Crippen LogP contribution in [-0.4, -0.2) is 36.1 Å². The highest BCUT2D eigenvalue weighted by Crippen LogP contribution is 2.30. The molecule has 0 unspecified atom stereocenters. The molecule has 1 atom stereocenters. The van der Waals surface area contributed by atoms with E-state index < -0.39 is 33.6 Å². The van der Waals surface area contributed by atoms with E-state index in [2.05, 4.69) is 4.98 Å². The van der Waals surface area contributed by atoms with Crippen molar-refractivity contribution in [2.45, 2.75) is 49.4 Å². The topological polar surface area (TPSA) is 76.6 Å². The maximum atomic E-state index is 13.2. The van der Waals surface area contributed by atoms with Crippen molar-refractivity contribution in [2.75, 3.05) is 6.54 Å². The van der Waals surface area contributed by atoms with Crippen LogP contribution in [0.5, 0.6) is 5.75 Å². The molecule has 0 bridgehead atoms. The number of benzene rings is 2. The summed E-state index contributed by atoms with van der Waals surface area (Å²) in [5, 5.41) is 0. The third-order valence-electron chi connectivity index (χ3n) is 6.08. The van der Waals surface area contributed by atoms with E-state index in [0.717, 1.165) is 30.0 Å². The average Bonchev–Trinajstić information content (AvgIpc) is 3.38. The molecule has 4 rings (SSSR count). The predicted molar refractivity (Wildman–Crippen MR) is 127 cm³/mol. The molecule has 0 aliphatic carbocycles. The number of aromatic nitrogens is 1. The van der Waals surface area contributed by atoms with Gasteiger partial charge in [-0.3, -0.25) is 9.78 Å². The van der Waals surface area contributed by atoms with Crippen LogP contribution < -0.4 is 4.74 Å². The number of hydrogen-bond donors (Lipinski definition) is 0. The number of carbonyl (C=O) groups is 1. The molecule has 11 heteroatoms. The molecule has 2 aromatic carbocycles. The second kappa shape index (κ2) is 11.0. The Morgan fingerprint density at radius 1 is 1.05 bits per heavy atom. The van der Waals surface area contributed by atoms with Crippen molar-refractivity contribution in [3.63, 3.8) is 0 Å². The molecule has 0 saturated carbocycles. The maximum Gasteiger partial charge on any atom is 0.417 e. The van der Waals surface area contributed by atoms with Gasteiger partial charge in [-0.15, -0.1) is 0 Å². The summed E-state index contributed by atoms with van der Waals surface area (Å²) in [5.74, 6) is -0.348. The minimum absolute atomic E-state index is 0.0607. The Morgan fingerprint density at radius 2 is 1.81 bits per heavy atom. The number of rotatable bonds is 9. The number of ketones is 1. The lowest BCUT2D eigenvalue weighted by Crippen LogP contribution is -2.40. The summed E-state index contributed by atoms with van der Waals surface area (Å²) in [6.07, 6.45) is -1.06. The van der Waals surface area contributed by atoms with Gasteiger partial charge in [0.15, 0.2) is 5.78 Å². The van der Waals surface area contributed by atoms with Gasteiger partial charge in [0.05, 0.1) is 16.5 Å². The van der Waals surface area contributed by atoms with Crippen molar-refractivity contribution in [3.05, 3.63) is 89.5 Å². The lowest BCUT2D eigenvalue weighted by molar-refractivity contribution is -0.137. The summed E-state index contributed by atoms with van der Waals surface area (Å²) in [7, 11) is -3.94. The Hall–Kier alpha value is -3.31. The van der Waals surface area contributed by atoms with Crippen molar-refractivity contribution in [3.8, 4) is 5.75 Å². The summed E-state index contributed by atoms with van der Waals surface area (Å²) >= 11 is 0. The van der Waals surface area contributed by atoms with E-state index in [1.165, 1.54) is 22.6 Å². The Morgan fingerprint density at radius 3 is 2.54 bits per heavy atom. The number of ether oxygens (including phenoxy) is 1. The average molecular weight is 537 g/mol. The molecular formula is C26H24F4N2O4S. The number of nitrogens with zero attached hydrogens (tertiary/aromatic N) is 2. The summed E-state index contributed by atoms with van der Waals surface area (Å²) in [5.41, 5.74) is 0.168. The van der Waals surface area contributed by atoms with Crippen molar-refractivity contribution < 1.29 is 35.5 Å². The van der Waals surface area contributed by atoms with Crippen LogP contribution in [0.3, 0.4) is 0 Å². The van der Waals surface area contributed by atoms with Gasteiger partial charge in [-0.1, -0.05) is 12.1 Å². The molecule has 37 heavy (non-hydrogen) atoms. The van der Waals surface area contributed by atoms with Crippen LogP contribution in [0.4, 0.5) is 17.6 Å². The third kappa shape index (κ3) is 6.53. The van der Waals surface area contributed by atoms with Gasteiger partial charge in [-0.25, -0.2) is 12.8 Å². The van der Waals surface area contributed by atoms with Crippen LogP contribution >= 0.6 is 0 Å². The van der Waals surface area contributed by atoms with Gasteiger partial charge in [-0.05, 0) is 67.3 Å². The fraction of sp³-hybridized carbons (Fsp3) is 0.308. The van der Waals surface area contributed by atoms with Crippen LogP contribution in [0.2, 0.25) is 0 Å². The third-order valence-corrected chi connectivity index (χ3v) is 8.00. The first-order valence-corrected chi connectivity index (χ1v) is 13.0. The second-order valence-electron chi connectivity index (χ2n) is 8.71. The number of pyridine rings is 1. The molecule has 1 aromatic heterocycles. The molecule has 1 saturated heterocycles. The summed E-state index contributed by atoms with van der Waals surface area (Å²) in [6.45, 7) is 0.0986. The van der Waals surface area contributed by atoms with Crippen LogP contribution in [-0.2, 0) is 34.0 Å². The van der Waals surface area contributed by atoms with Gasteiger partial charge in [0.25, 0.3) is 0 Å². The zero-order valence-electron chi connectivity index (χ0n) is 19.6. The first kappa shape index (κ1) is 26.7. The number of aryl methyl sites for hydroxylation is 1. The van der Waals surface area contributed by atoms with Gasteiger partial charge in [0.1, 0.15) is 18.2 Å². The van der Waals surface area contributed by atoms with E-state index in [1.54, 1.807) is 24.3 Å². The number of sulfonamides is 1. The van der Waals surface area contributed by atoms with E-state index in [9.17, 15) is 30.8 Å². The van der Waals surface area contributed by atoms with Gasteiger partial charge in [0, 0.05) is 30.9 Å². The number of Topliss-reactive ketones (excluding diaryl/α,β-unsaturated/α-hetero) is 1. The maximum absolute atomic E-state index is 13.2. The zero-order chi connectivity index (χ0) is 26.6. The molecule has 1 aliphatic rings. The molecule has 0 radical (unpaired) electrons. The Bertz CT molecular complexity index is 1360. The van der Waals surface area contributed by atoms with Gasteiger partial charge in [-0.2, -0.15) is 17.5 Å². The van der Waals surface area contributed by atoms with E-state index in [1.807, 2.05) is 0 Å². The molecule has 3 aromatic rings. The fourth-order valence-corrected chi connectivity index (χ4v) is 5.88. The summed E-state index contributed by atoms with van der Waals surface area (Å²) in [6, 6.07) is 11.5. The molecule has 6 nitrogen and oxygen atoms in total. The fourth-order valence-electron chi connectivity index (χ4n) is 4.20. The van der Waals surface area contributed by atoms with Crippen LogP contribution in [0.25, 0.3) is 0 Å². The molecule has 196 valence electrons. The quantitative estimate of drug-likeness (QED) is 0.353. The van der Waals surface area contributed by atoms with Gasteiger partial charge < -0.3 is 4.74 Å². The Balaban J connectivity index is 1.36. The van der Waals surface area contributed by atoms with E-state index in [0.29, 0.717) is 25.0 Å². The molecule has 0 spiro atoms. The number of carbonyl (C=O) groups excluding carboxylic acids is 1. The Kier molecular flexibility index (Phi) is 7.93. The normalized spacial score (nSPS) is 16.6. The van der Waals surface area contributed by atoms with Crippen molar-refractivity contribution in [1.82, 2.24) is 9.29 Å². The molecule has 0 amide bonds. The summed E-state index contributed by atoms with van der Waals surface area (Å²) in [4.78, 5) is 16.5. The van der Waals surface area contributed by atoms with Gasteiger partial charge >= 0.3 is 6.18 Å². The number of halogens is 4. The lowest BCUT2D eigenvalue weighted by Gasteiger charge is -2.23. The lowest BCUT2D eigenvalue weighted by atomic mass is 10.0. The van der Waals surface area contributed by atoms with Crippen molar-refractivity contribution in [2.24, 2.45) is 0 Å². The first-order valence-electron chi connectivity index (χ1n) is 11.6. The predicted octanol–water partition coefficient (Wildman–Crippen LogP) is 5.17. The minimum Gasteiger partial charge on any atom is -0.489 e. The molecule has 0 N–H and O–H groups in total. The SMILES string of the molecule is O=C(CCc1cccc(OCc2cncc(C(F)(F)F)c2)c1)[C@@H]1CCCN1S(=O)(=O)c1ccc(F)cc1. The molecule has 1 aliphatic heterocycles. The number of hydrogen-bond acceptors (Lipinski definition) is 5. The first-order chi connectivity index (χ1) is 17.5. The monoisotopic (exact) mass is 536 g/mol. The smallest absolute Gasteiger partial charge is 0.417 e. The van der Waals surface area contributed by atoms with E-state index in [4.69, 9.17) is 4.74 Å². The Labute approximate surface area is 212 Å². The zero-order valence-corrected chi connectivity index (χ0v) is 20.4. The number of alkyl halides is 3. The van der Waals surface area contributed by atoms with Crippen molar-refractivity contribution in [1.29, 1.82) is 0 Å². The molecule has 1 fully saturated rings. The highest BCUT2D eigenvalue weighted by atomic mass is 32.2. The molecular weight excluding hydrogens is 512 g/mol. The van der Waals surface area contributed by atoms with Crippen LogP contribution in [0.1, 0.15) is 36.0 Å². The van der Waals surface area contributed by atoms with Crippen LogP contribution in [0.15, 0.2) is 71.9 Å². The van der Waals surface area contributed by atoms with E-state index >= 15 is 0 Å². The largest absolute Gasteiger partial charge is 0.489 e. The van der Waals surface area contributed by atoms with Crippen molar-refractivity contribution >= 4 is 15.8 Å².